The fourth-order valence-corrected chi connectivity index (χ4v) is 3.93. The van der Waals surface area contributed by atoms with E-state index in [2.05, 4.69) is 5.32 Å². The molecule has 0 aliphatic heterocycles. The normalized spacial score (nSPS) is 11.7. The van der Waals surface area contributed by atoms with Gasteiger partial charge in [0.15, 0.2) is 0 Å². The van der Waals surface area contributed by atoms with E-state index >= 15 is 0 Å². The van der Waals surface area contributed by atoms with Crippen LogP contribution in [-0.4, -0.2) is 21.9 Å². The van der Waals surface area contributed by atoms with Crippen molar-refractivity contribution in [2.24, 2.45) is 0 Å². The van der Waals surface area contributed by atoms with Gasteiger partial charge in [-0.3, -0.25) is 9.59 Å². The van der Waals surface area contributed by atoms with Crippen molar-refractivity contribution in [3.05, 3.63) is 143 Å². The molecule has 0 aliphatic rings. The number of ketones is 1. The second-order valence-electron chi connectivity index (χ2n) is 8.20. The molecular formula is C30H25NO4. The predicted octanol–water partition coefficient (Wildman–Crippen LogP) is 5.39. The van der Waals surface area contributed by atoms with Crippen molar-refractivity contribution in [1.82, 2.24) is 0 Å². The summed E-state index contributed by atoms with van der Waals surface area (Å²) in [5.74, 6) is -2.15. The summed E-state index contributed by atoms with van der Waals surface area (Å²) in [6.07, 6.45) is 0.892. The van der Waals surface area contributed by atoms with Crippen LogP contribution in [0.3, 0.4) is 0 Å². The minimum absolute atomic E-state index is 0.282. The minimum Gasteiger partial charge on any atom is -0.507 e. The number of aliphatic hydroxyl groups excluding tert-OH is 1. The van der Waals surface area contributed by atoms with E-state index < -0.39 is 17.3 Å². The zero-order valence-electron chi connectivity index (χ0n) is 19.2. The number of rotatable bonds is 7. The SMILES string of the molecule is Cc1ccc(/C(O)=C\C(=O)C(=O)Nc2ccccc2C(O)(c2ccccc2)c2ccccc2)cc1. The number of anilines is 1. The van der Waals surface area contributed by atoms with Crippen LogP contribution in [-0.2, 0) is 15.2 Å². The maximum absolute atomic E-state index is 12.8. The molecular weight excluding hydrogens is 438 g/mol. The van der Waals surface area contributed by atoms with Crippen LogP contribution >= 0.6 is 0 Å². The van der Waals surface area contributed by atoms with Gasteiger partial charge in [0, 0.05) is 22.9 Å². The molecule has 0 radical (unpaired) electrons. The summed E-state index contributed by atoms with van der Waals surface area (Å²) < 4.78 is 0. The summed E-state index contributed by atoms with van der Waals surface area (Å²) >= 11 is 0. The lowest BCUT2D eigenvalue weighted by atomic mass is 9.79. The van der Waals surface area contributed by atoms with E-state index in [-0.39, 0.29) is 11.4 Å². The number of hydrogen-bond acceptors (Lipinski definition) is 4. The van der Waals surface area contributed by atoms with Crippen LogP contribution in [0, 0.1) is 6.92 Å². The van der Waals surface area contributed by atoms with Gasteiger partial charge in [-0.1, -0.05) is 109 Å². The number of benzene rings is 4. The Labute approximate surface area is 204 Å². The molecule has 0 bridgehead atoms. The van der Waals surface area contributed by atoms with Crippen LogP contribution in [0.25, 0.3) is 5.76 Å². The maximum Gasteiger partial charge on any atom is 0.296 e. The first-order chi connectivity index (χ1) is 16.9. The van der Waals surface area contributed by atoms with Crippen LogP contribution in [0.1, 0.15) is 27.8 Å². The van der Waals surface area contributed by atoms with E-state index in [4.69, 9.17) is 0 Å². The Morgan fingerprint density at radius 2 is 1.26 bits per heavy atom. The van der Waals surface area contributed by atoms with E-state index in [1.165, 1.54) is 0 Å². The molecule has 0 saturated carbocycles. The van der Waals surface area contributed by atoms with Gasteiger partial charge in [0.2, 0.25) is 5.78 Å². The highest BCUT2D eigenvalue weighted by Crippen LogP contribution is 2.40. The van der Waals surface area contributed by atoms with E-state index in [0.29, 0.717) is 22.3 Å². The summed E-state index contributed by atoms with van der Waals surface area (Å²) in [4.78, 5) is 25.4. The molecule has 0 unspecified atom stereocenters. The van der Waals surface area contributed by atoms with E-state index in [9.17, 15) is 19.8 Å². The van der Waals surface area contributed by atoms with Gasteiger partial charge in [-0.25, -0.2) is 0 Å². The van der Waals surface area contributed by atoms with Crippen molar-refractivity contribution in [2.45, 2.75) is 12.5 Å². The Morgan fingerprint density at radius 3 is 1.83 bits per heavy atom. The number of aryl methyl sites for hydroxylation is 1. The van der Waals surface area contributed by atoms with Gasteiger partial charge < -0.3 is 15.5 Å². The monoisotopic (exact) mass is 463 g/mol. The third kappa shape index (κ3) is 5.05. The van der Waals surface area contributed by atoms with Gasteiger partial charge in [-0.05, 0) is 24.1 Å². The average Bonchev–Trinajstić information content (AvgIpc) is 2.90. The Morgan fingerprint density at radius 1 is 0.743 bits per heavy atom. The highest BCUT2D eigenvalue weighted by molar-refractivity contribution is 6.45. The van der Waals surface area contributed by atoms with Crippen LogP contribution in [0.5, 0.6) is 0 Å². The van der Waals surface area contributed by atoms with Crippen LogP contribution < -0.4 is 5.32 Å². The summed E-state index contributed by atoms with van der Waals surface area (Å²) in [5.41, 5.74) is 1.75. The standard InChI is InChI=1S/C30H25NO4/c1-21-16-18-22(19-17-21)27(32)20-28(33)29(34)31-26-15-9-8-14-25(26)30(35,23-10-4-2-5-11-23)24-12-6-3-7-13-24/h2-20,32,35H,1H3,(H,31,34)/b27-20+. The molecule has 0 aromatic heterocycles. The molecule has 4 aromatic rings. The summed E-state index contributed by atoms with van der Waals surface area (Å²) in [7, 11) is 0. The predicted molar refractivity (Wildman–Crippen MR) is 137 cm³/mol. The number of carbonyl (C=O) groups is 2. The van der Waals surface area contributed by atoms with Gasteiger partial charge in [-0.2, -0.15) is 0 Å². The second-order valence-corrected chi connectivity index (χ2v) is 8.20. The van der Waals surface area contributed by atoms with E-state index in [1.54, 1.807) is 72.8 Å². The molecule has 4 aromatic carbocycles. The molecule has 3 N–H and O–H groups in total. The fourth-order valence-electron chi connectivity index (χ4n) is 3.93. The lowest BCUT2D eigenvalue weighted by molar-refractivity contribution is -0.132. The summed E-state index contributed by atoms with van der Waals surface area (Å²) in [6.45, 7) is 1.91. The molecule has 0 fully saturated rings. The quantitative estimate of drug-likeness (QED) is 0.149. The Balaban J connectivity index is 1.69. The average molecular weight is 464 g/mol. The van der Waals surface area contributed by atoms with Gasteiger partial charge in [0.25, 0.3) is 5.91 Å². The van der Waals surface area contributed by atoms with Gasteiger partial charge in [-0.15, -0.1) is 0 Å². The molecule has 0 atom stereocenters. The molecule has 4 rings (SSSR count). The van der Waals surface area contributed by atoms with Crippen LogP contribution in [0.4, 0.5) is 5.69 Å². The van der Waals surface area contributed by atoms with Crippen LogP contribution in [0.15, 0.2) is 115 Å². The van der Waals surface area contributed by atoms with Crippen molar-refractivity contribution < 1.29 is 19.8 Å². The van der Waals surface area contributed by atoms with E-state index in [1.807, 2.05) is 43.3 Å². The number of aliphatic hydroxyl groups is 2. The zero-order chi connectivity index (χ0) is 24.8. The number of nitrogens with one attached hydrogen (secondary N) is 1. The third-order valence-electron chi connectivity index (χ3n) is 5.79. The Bertz CT molecular complexity index is 1320. The molecule has 0 saturated heterocycles. The Hall–Kier alpha value is -4.48. The van der Waals surface area contributed by atoms with Crippen molar-refractivity contribution in [3.8, 4) is 0 Å². The van der Waals surface area contributed by atoms with Crippen molar-refractivity contribution in [1.29, 1.82) is 0 Å². The Kier molecular flexibility index (Phi) is 6.90. The highest BCUT2D eigenvalue weighted by atomic mass is 16.3. The zero-order valence-corrected chi connectivity index (χ0v) is 19.2. The fraction of sp³-hybridized carbons (Fsp3) is 0.0667. The van der Waals surface area contributed by atoms with E-state index in [0.717, 1.165) is 11.6 Å². The number of hydrogen-bond donors (Lipinski definition) is 3. The van der Waals surface area contributed by atoms with Gasteiger partial charge in [0.05, 0.1) is 0 Å². The molecule has 174 valence electrons. The van der Waals surface area contributed by atoms with Crippen molar-refractivity contribution in [2.75, 3.05) is 5.32 Å². The number of para-hydroxylation sites is 1. The van der Waals surface area contributed by atoms with Crippen LogP contribution in [0.2, 0.25) is 0 Å². The lowest BCUT2D eigenvalue weighted by Crippen LogP contribution is -2.31. The highest BCUT2D eigenvalue weighted by Gasteiger charge is 2.36. The third-order valence-corrected chi connectivity index (χ3v) is 5.79. The molecule has 0 heterocycles. The van der Waals surface area contributed by atoms with Gasteiger partial charge in [0.1, 0.15) is 11.4 Å². The first kappa shape index (κ1) is 23.7. The van der Waals surface area contributed by atoms with Crippen molar-refractivity contribution in [3.63, 3.8) is 0 Å². The van der Waals surface area contributed by atoms with Crippen molar-refractivity contribution >= 4 is 23.1 Å². The smallest absolute Gasteiger partial charge is 0.296 e. The second kappa shape index (κ2) is 10.2. The lowest BCUT2D eigenvalue weighted by Gasteiger charge is -2.31. The summed E-state index contributed by atoms with van der Waals surface area (Å²) in [5, 5.41) is 25.0. The first-order valence-corrected chi connectivity index (χ1v) is 11.2. The summed E-state index contributed by atoms with van der Waals surface area (Å²) in [6, 6.07) is 32.0. The first-order valence-electron chi connectivity index (χ1n) is 11.2. The molecule has 1 amide bonds. The number of amides is 1. The largest absolute Gasteiger partial charge is 0.507 e. The molecule has 35 heavy (non-hydrogen) atoms. The molecule has 0 aliphatic carbocycles. The molecule has 0 spiro atoms. The topological polar surface area (TPSA) is 86.6 Å². The molecule has 5 heteroatoms. The molecule has 5 nitrogen and oxygen atoms in total. The van der Waals surface area contributed by atoms with Gasteiger partial charge >= 0.3 is 0 Å². The minimum atomic E-state index is -1.59. The maximum atomic E-state index is 12.8. The number of carbonyl (C=O) groups excluding carboxylic acids is 2.